The maximum atomic E-state index is 12.8. The molecule has 0 atom stereocenters. The van der Waals surface area contributed by atoms with Gasteiger partial charge >= 0.3 is 0 Å². The first-order chi connectivity index (χ1) is 13.5. The van der Waals surface area contributed by atoms with Crippen LogP contribution in [0.15, 0.2) is 53.7 Å². The van der Waals surface area contributed by atoms with Crippen molar-refractivity contribution in [2.24, 2.45) is 12.2 Å². The van der Waals surface area contributed by atoms with E-state index in [9.17, 15) is 4.79 Å². The number of hydrogen-bond acceptors (Lipinski definition) is 4. The quantitative estimate of drug-likeness (QED) is 0.486. The predicted octanol–water partition coefficient (Wildman–Crippen LogP) is 4.67. The summed E-state index contributed by atoms with van der Waals surface area (Å²) in [6.07, 6.45) is 1.66. The Morgan fingerprint density at radius 1 is 1.25 bits per heavy atom. The van der Waals surface area contributed by atoms with Crippen LogP contribution in [0.5, 0.6) is 0 Å². The first-order valence-corrected chi connectivity index (χ1v) is 9.24. The topological polar surface area (TPSA) is 68.5 Å². The number of para-hydroxylation sites is 1. The van der Waals surface area contributed by atoms with Crippen LogP contribution in [0, 0.1) is 6.92 Å². The minimum Gasteiger partial charge on any atom is -0.396 e. The fraction of sp³-hybridized carbons (Fsp3) is 0.190. The summed E-state index contributed by atoms with van der Waals surface area (Å²) in [5, 5.41) is 11.3. The minimum atomic E-state index is -0.288. The van der Waals surface area contributed by atoms with Gasteiger partial charge in [-0.2, -0.15) is 5.10 Å². The second-order valence-electron chi connectivity index (χ2n) is 6.15. The number of halogens is 1. The van der Waals surface area contributed by atoms with Gasteiger partial charge in [0.05, 0.1) is 17.5 Å². The first kappa shape index (κ1) is 19.6. The number of oxime groups is 1. The smallest absolute Gasteiger partial charge is 0.260 e. The SMILES string of the molecule is CCON=Cc1ccc(-c2ccccc2NC(=O)c2c(C)nn(C)c2Cl)cc1. The number of nitrogens with zero attached hydrogens (tertiary/aromatic N) is 3. The van der Waals surface area contributed by atoms with Crippen molar-refractivity contribution in [1.29, 1.82) is 0 Å². The van der Waals surface area contributed by atoms with Crippen LogP contribution in [0.3, 0.4) is 0 Å². The average molecular weight is 397 g/mol. The van der Waals surface area contributed by atoms with Crippen molar-refractivity contribution >= 4 is 29.4 Å². The molecule has 2 aromatic carbocycles. The zero-order valence-electron chi connectivity index (χ0n) is 15.9. The van der Waals surface area contributed by atoms with Gasteiger partial charge in [-0.3, -0.25) is 9.48 Å². The summed E-state index contributed by atoms with van der Waals surface area (Å²) in [5.41, 5.74) is 4.46. The third-order valence-corrected chi connectivity index (χ3v) is 4.62. The molecular weight excluding hydrogens is 376 g/mol. The van der Waals surface area contributed by atoms with Gasteiger partial charge in [-0.1, -0.05) is 59.2 Å². The molecule has 3 rings (SSSR count). The van der Waals surface area contributed by atoms with E-state index in [0.29, 0.717) is 28.7 Å². The molecule has 0 aliphatic carbocycles. The highest BCUT2D eigenvalue weighted by Crippen LogP contribution is 2.29. The van der Waals surface area contributed by atoms with Gasteiger partial charge in [-0.25, -0.2) is 0 Å². The molecule has 7 heteroatoms. The Labute approximate surface area is 168 Å². The lowest BCUT2D eigenvalue weighted by molar-refractivity contribution is 0.102. The maximum absolute atomic E-state index is 12.8. The summed E-state index contributed by atoms with van der Waals surface area (Å²) in [5.74, 6) is -0.288. The fourth-order valence-electron chi connectivity index (χ4n) is 2.84. The standard InChI is InChI=1S/C21H21ClN4O2/c1-4-28-23-13-15-9-11-16(12-10-15)17-7-5-6-8-18(17)24-21(27)19-14(2)25-26(3)20(19)22/h5-13H,4H2,1-3H3,(H,24,27). The Hall–Kier alpha value is -3.12. The summed E-state index contributed by atoms with van der Waals surface area (Å²) in [7, 11) is 1.70. The lowest BCUT2D eigenvalue weighted by atomic mass is 10.0. The highest BCUT2D eigenvalue weighted by atomic mass is 35.5. The van der Waals surface area contributed by atoms with Crippen molar-refractivity contribution in [3.63, 3.8) is 0 Å². The van der Waals surface area contributed by atoms with Crippen LogP contribution in [-0.4, -0.2) is 28.5 Å². The van der Waals surface area contributed by atoms with E-state index in [1.807, 2.05) is 55.5 Å². The van der Waals surface area contributed by atoms with E-state index < -0.39 is 0 Å². The number of anilines is 1. The monoisotopic (exact) mass is 396 g/mol. The molecule has 0 radical (unpaired) electrons. The van der Waals surface area contributed by atoms with Crippen LogP contribution in [-0.2, 0) is 11.9 Å². The van der Waals surface area contributed by atoms with Gasteiger partial charge in [0.15, 0.2) is 0 Å². The van der Waals surface area contributed by atoms with Crippen LogP contribution in [0.1, 0.15) is 28.5 Å². The minimum absolute atomic E-state index is 0.288. The number of aromatic nitrogens is 2. The Morgan fingerprint density at radius 2 is 1.96 bits per heavy atom. The van der Waals surface area contributed by atoms with E-state index in [0.717, 1.165) is 16.7 Å². The molecule has 28 heavy (non-hydrogen) atoms. The van der Waals surface area contributed by atoms with Gasteiger partial charge in [-0.15, -0.1) is 0 Å². The highest BCUT2D eigenvalue weighted by molar-refractivity contribution is 6.33. The van der Waals surface area contributed by atoms with Crippen molar-refractivity contribution in [2.45, 2.75) is 13.8 Å². The highest BCUT2D eigenvalue weighted by Gasteiger charge is 2.20. The summed E-state index contributed by atoms with van der Waals surface area (Å²) < 4.78 is 1.49. The van der Waals surface area contributed by atoms with Gasteiger partial charge in [0, 0.05) is 18.3 Å². The number of nitrogens with one attached hydrogen (secondary N) is 1. The number of aryl methyl sites for hydroxylation is 2. The van der Waals surface area contributed by atoms with Gasteiger partial charge in [-0.05, 0) is 31.0 Å². The Bertz CT molecular complexity index is 1010. The van der Waals surface area contributed by atoms with Crippen LogP contribution in [0.25, 0.3) is 11.1 Å². The second kappa shape index (κ2) is 8.71. The van der Waals surface area contributed by atoms with Gasteiger partial charge in [0.2, 0.25) is 0 Å². The largest absolute Gasteiger partial charge is 0.396 e. The molecule has 0 unspecified atom stereocenters. The van der Waals surface area contributed by atoms with Crippen LogP contribution in [0.2, 0.25) is 5.15 Å². The molecule has 0 saturated heterocycles. The summed E-state index contributed by atoms with van der Waals surface area (Å²) in [4.78, 5) is 17.8. The summed E-state index contributed by atoms with van der Waals surface area (Å²) in [6, 6.07) is 15.4. The first-order valence-electron chi connectivity index (χ1n) is 8.86. The molecule has 144 valence electrons. The van der Waals surface area contributed by atoms with E-state index in [1.54, 1.807) is 20.2 Å². The van der Waals surface area contributed by atoms with Crippen molar-refractivity contribution in [1.82, 2.24) is 9.78 Å². The molecule has 0 fully saturated rings. The third-order valence-electron chi connectivity index (χ3n) is 4.18. The number of carbonyl (C=O) groups is 1. The third kappa shape index (κ3) is 4.23. The molecule has 0 aliphatic rings. The van der Waals surface area contributed by atoms with E-state index in [2.05, 4.69) is 15.6 Å². The van der Waals surface area contributed by atoms with Gasteiger partial charge < -0.3 is 10.2 Å². The normalized spacial score (nSPS) is 11.0. The Kier molecular flexibility index (Phi) is 6.11. The molecule has 3 aromatic rings. The fourth-order valence-corrected chi connectivity index (χ4v) is 3.10. The van der Waals surface area contributed by atoms with Crippen LogP contribution >= 0.6 is 11.6 Å². The van der Waals surface area contributed by atoms with Crippen LogP contribution < -0.4 is 5.32 Å². The number of carbonyl (C=O) groups excluding carboxylic acids is 1. The van der Waals surface area contributed by atoms with Gasteiger partial charge in [0.1, 0.15) is 11.8 Å². The number of benzene rings is 2. The van der Waals surface area contributed by atoms with Gasteiger partial charge in [0.25, 0.3) is 5.91 Å². The molecule has 0 saturated carbocycles. The van der Waals surface area contributed by atoms with Crippen molar-refractivity contribution in [3.8, 4) is 11.1 Å². The zero-order valence-corrected chi connectivity index (χ0v) is 16.7. The van der Waals surface area contributed by atoms with E-state index in [4.69, 9.17) is 16.4 Å². The lowest BCUT2D eigenvalue weighted by Crippen LogP contribution is -2.13. The summed E-state index contributed by atoms with van der Waals surface area (Å²) >= 11 is 6.22. The molecule has 1 aromatic heterocycles. The molecular formula is C21H21ClN4O2. The average Bonchev–Trinajstić information content (AvgIpc) is 2.95. The van der Waals surface area contributed by atoms with Crippen LogP contribution in [0.4, 0.5) is 5.69 Å². The number of amides is 1. The molecule has 6 nitrogen and oxygen atoms in total. The zero-order chi connectivity index (χ0) is 20.1. The molecule has 0 bridgehead atoms. The van der Waals surface area contributed by atoms with E-state index in [-0.39, 0.29) is 5.91 Å². The summed E-state index contributed by atoms with van der Waals surface area (Å²) in [6.45, 7) is 4.17. The Balaban J connectivity index is 1.86. The maximum Gasteiger partial charge on any atom is 0.260 e. The van der Waals surface area contributed by atoms with Crippen molar-refractivity contribution in [2.75, 3.05) is 11.9 Å². The van der Waals surface area contributed by atoms with E-state index in [1.165, 1.54) is 4.68 Å². The van der Waals surface area contributed by atoms with Crippen molar-refractivity contribution in [3.05, 3.63) is 70.5 Å². The predicted molar refractivity (Wildman–Crippen MR) is 112 cm³/mol. The van der Waals surface area contributed by atoms with Crippen molar-refractivity contribution < 1.29 is 9.63 Å². The Morgan fingerprint density at radius 3 is 2.61 bits per heavy atom. The lowest BCUT2D eigenvalue weighted by Gasteiger charge is -2.11. The number of rotatable bonds is 6. The number of hydrogen-bond donors (Lipinski definition) is 1. The molecule has 1 N–H and O–H groups in total. The molecule has 1 amide bonds. The second-order valence-corrected chi connectivity index (χ2v) is 6.51. The molecule has 0 spiro atoms. The molecule has 0 aliphatic heterocycles. The van der Waals surface area contributed by atoms with E-state index >= 15 is 0 Å². The molecule has 1 heterocycles.